The van der Waals surface area contributed by atoms with Crippen LogP contribution in [0, 0.1) is 0 Å². The quantitative estimate of drug-likeness (QED) is 0.768. The van der Waals surface area contributed by atoms with E-state index in [0.717, 1.165) is 5.56 Å². The Hall–Kier alpha value is -1.46. The number of carbonyl (C=O) groups excluding carboxylic acids is 1. The van der Waals surface area contributed by atoms with Crippen molar-refractivity contribution < 1.29 is 14.3 Å². The van der Waals surface area contributed by atoms with E-state index in [2.05, 4.69) is 4.98 Å². The van der Waals surface area contributed by atoms with Gasteiger partial charge < -0.3 is 14.4 Å². The lowest BCUT2D eigenvalue weighted by molar-refractivity contribution is -0.228. The van der Waals surface area contributed by atoms with Crippen LogP contribution >= 0.6 is 0 Å². The zero-order chi connectivity index (χ0) is 13.7. The van der Waals surface area contributed by atoms with Gasteiger partial charge in [0.25, 0.3) is 0 Å². The Morgan fingerprint density at radius 2 is 2.05 bits per heavy atom. The Bertz CT molecular complexity index is 408. The number of hydrogen-bond donors (Lipinski definition) is 0. The molecule has 104 valence electrons. The van der Waals surface area contributed by atoms with Gasteiger partial charge in [-0.3, -0.25) is 9.78 Å². The van der Waals surface area contributed by atoms with Gasteiger partial charge in [-0.05, 0) is 11.6 Å². The third kappa shape index (κ3) is 3.30. The molecule has 0 unspecified atom stereocenters. The average Bonchev–Trinajstić information content (AvgIpc) is 2.48. The van der Waals surface area contributed by atoms with Crippen molar-refractivity contribution in [2.24, 2.45) is 0 Å². The summed E-state index contributed by atoms with van der Waals surface area (Å²) in [6.45, 7) is 1.33. The Balaban J connectivity index is 1.89. The Morgan fingerprint density at radius 1 is 1.37 bits per heavy atom. The highest BCUT2D eigenvalue weighted by atomic mass is 16.7. The number of aromatic nitrogens is 1. The summed E-state index contributed by atoms with van der Waals surface area (Å²) in [5.41, 5.74) is 0.947. The maximum absolute atomic E-state index is 12.2. The average molecular weight is 264 g/mol. The van der Waals surface area contributed by atoms with Gasteiger partial charge in [0.05, 0.1) is 6.42 Å². The first-order valence-electron chi connectivity index (χ1n) is 6.46. The molecule has 0 spiro atoms. The minimum absolute atomic E-state index is 0.133. The Morgan fingerprint density at radius 3 is 2.58 bits per heavy atom. The lowest BCUT2D eigenvalue weighted by Crippen LogP contribution is -2.49. The maximum Gasteiger partial charge on any atom is 0.227 e. The number of carbonyl (C=O) groups is 1. The van der Waals surface area contributed by atoms with Crippen LogP contribution in [-0.4, -0.2) is 48.9 Å². The van der Waals surface area contributed by atoms with E-state index in [1.807, 2.05) is 17.0 Å². The van der Waals surface area contributed by atoms with E-state index in [9.17, 15) is 4.79 Å². The summed E-state index contributed by atoms with van der Waals surface area (Å²) >= 11 is 0. The van der Waals surface area contributed by atoms with Crippen molar-refractivity contribution in [2.45, 2.75) is 25.0 Å². The number of piperidine rings is 1. The van der Waals surface area contributed by atoms with Gasteiger partial charge in [0, 0.05) is 52.5 Å². The highest BCUT2D eigenvalue weighted by Crippen LogP contribution is 2.26. The van der Waals surface area contributed by atoms with Gasteiger partial charge in [0.2, 0.25) is 5.91 Å². The summed E-state index contributed by atoms with van der Waals surface area (Å²) < 4.78 is 10.8. The predicted octanol–water partition coefficient (Wildman–Crippen LogP) is 1.24. The fraction of sp³-hybridized carbons (Fsp3) is 0.571. The van der Waals surface area contributed by atoms with E-state index in [-0.39, 0.29) is 5.91 Å². The van der Waals surface area contributed by atoms with Gasteiger partial charge in [0.1, 0.15) is 0 Å². The molecule has 0 atom stereocenters. The van der Waals surface area contributed by atoms with Crippen LogP contribution in [0.4, 0.5) is 0 Å². The Labute approximate surface area is 113 Å². The topological polar surface area (TPSA) is 51.7 Å². The fourth-order valence-electron chi connectivity index (χ4n) is 2.38. The number of likely N-dealkylation sites (tertiary alicyclic amines) is 1. The van der Waals surface area contributed by atoms with Crippen LogP contribution in [0.3, 0.4) is 0 Å². The number of amides is 1. The largest absolute Gasteiger partial charge is 0.353 e. The first-order chi connectivity index (χ1) is 9.19. The van der Waals surface area contributed by atoms with Crippen LogP contribution in [0.15, 0.2) is 24.5 Å². The van der Waals surface area contributed by atoms with E-state index in [1.165, 1.54) is 0 Å². The highest BCUT2D eigenvalue weighted by molar-refractivity contribution is 5.78. The summed E-state index contributed by atoms with van der Waals surface area (Å²) in [5.74, 6) is -0.390. The molecule has 0 N–H and O–H groups in total. The van der Waals surface area contributed by atoms with Crippen molar-refractivity contribution in [3.63, 3.8) is 0 Å². The smallest absolute Gasteiger partial charge is 0.227 e. The number of rotatable bonds is 4. The zero-order valence-corrected chi connectivity index (χ0v) is 11.5. The molecule has 1 amide bonds. The molecule has 0 saturated carbocycles. The number of methoxy groups -OCH3 is 2. The van der Waals surface area contributed by atoms with Crippen LogP contribution in [-0.2, 0) is 20.7 Å². The molecule has 0 bridgehead atoms. The minimum atomic E-state index is -0.523. The lowest BCUT2D eigenvalue weighted by Gasteiger charge is -2.39. The van der Waals surface area contributed by atoms with Crippen LogP contribution in [0.2, 0.25) is 0 Å². The van der Waals surface area contributed by atoms with Crippen molar-refractivity contribution in [3.8, 4) is 0 Å². The second kappa shape index (κ2) is 6.12. The van der Waals surface area contributed by atoms with E-state index in [1.54, 1.807) is 26.6 Å². The van der Waals surface area contributed by atoms with E-state index < -0.39 is 5.79 Å². The molecule has 2 rings (SSSR count). The van der Waals surface area contributed by atoms with Gasteiger partial charge in [-0.25, -0.2) is 0 Å². The summed E-state index contributed by atoms with van der Waals surface area (Å²) in [7, 11) is 3.30. The van der Waals surface area contributed by atoms with Gasteiger partial charge in [0.15, 0.2) is 5.79 Å². The van der Waals surface area contributed by atoms with Crippen molar-refractivity contribution in [3.05, 3.63) is 30.1 Å². The van der Waals surface area contributed by atoms with Crippen LogP contribution < -0.4 is 0 Å². The molecule has 1 fully saturated rings. The first kappa shape index (κ1) is 14.0. The summed E-state index contributed by atoms with van der Waals surface area (Å²) in [5, 5.41) is 0. The second-order valence-corrected chi connectivity index (χ2v) is 4.74. The number of hydrogen-bond acceptors (Lipinski definition) is 4. The predicted molar refractivity (Wildman–Crippen MR) is 70.5 cm³/mol. The van der Waals surface area contributed by atoms with Crippen molar-refractivity contribution in [1.29, 1.82) is 0 Å². The van der Waals surface area contributed by atoms with Gasteiger partial charge in [-0.15, -0.1) is 0 Å². The van der Waals surface area contributed by atoms with E-state index >= 15 is 0 Å². The van der Waals surface area contributed by atoms with Gasteiger partial charge >= 0.3 is 0 Å². The highest BCUT2D eigenvalue weighted by Gasteiger charge is 2.35. The van der Waals surface area contributed by atoms with Crippen LogP contribution in [0.1, 0.15) is 18.4 Å². The lowest BCUT2D eigenvalue weighted by atomic mass is 10.0. The molecule has 5 heteroatoms. The monoisotopic (exact) mass is 264 g/mol. The third-order valence-electron chi connectivity index (χ3n) is 3.70. The molecular formula is C14H20N2O3. The molecule has 1 aromatic rings. The fourth-order valence-corrected chi connectivity index (χ4v) is 2.38. The molecule has 1 aliphatic heterocycles. The summed E-state index contributed by atoms with van der Waals surface area (Å²) in [6.07, 6.45) is 5.26. The molecule has 1 aliphatic rings. The second-order valence-electron chi connectivity index (χ2n) is 4.74. The normalized spacial score (nSPS) is 18.3. The minimum Gasteiger partial charge on any atom is -0.353 e. The van der Waals surface area contributed by atoms with Crippen molar-refractivity contribution in [1.82, 2.24) is 9.88 Å². The number of ether oxygens (including phenoxy) is 2. The summed E-state index contributed by atoms with van der Waals surface area (Å²) in [6, 6.07) is 3.77. The van der Waals surface area contributed by atoms with Crippen molar-refractivity contribution in [2.75, 3.05) is 27.3 Å². The third-order valence-corrected chi connectivity index (χ3v) is 3.70. The SMILES string of the molecule is COC1(OC)CCN(C(=O)Cc2cccnc2)CC1. The molecule has 0 aliphatic carbocycles. The summed E-state index contributed by atoms with van der Waals surface area (Å²) in [4.78, 5) is 18.1. The molecule has 0 aromatic carbocycles. The van der Waals surface area contributed by atoms with Crippen LogP contribution in [0.25, 0.3) is 0 Å². The van der Waals surface area contributed by atoms with Crippen LogP contribution in [0.5, 0.6) is 0 Å². The van der Waals surface area contributed by atoms with Crippen molar-refractivity contribution >= 4 is 5.91 Å². The number of nitrogens with zero attached hydrogens (tertiary/aromatic N) is 2. The molecular weight excluding hydrogens is 244 g/mol. The van der Waals surface area contributed by atoms with Gasteiger partial charge in [-0.2, -0.15) is 0 Å². The maximum atomic E-state index is 12.2. The molecule has 1 saturated heterocycles. The molecule has 5 nitrogen and oxygen atoms in total. The van der Waals surface area contributed by atoms with E-state index in [4.69, 9.17) is 9.47 Å². The molecule has 1 aromatic heterocycles. The Kier molecular flexibility index (Phi) is 4.50. The molecule has 2 heterocycles. The van der Waals surface area contributed by atoms with Gasteiger partial charge in [-0.1, -0.05) is 6.07 Å². The molecule has 0 radical (unpaired) electrons. The standard InChI is InChI=1S/C14H20N2O3/c1-18-14(19-2)5-8-16(9-6-14)13(17)10-12-4-3-7-15-11-12/h3-4,7,11H,5-6,8-10H2,1-2H3. The first-order valence-corrected chi connectivity index (χ1v) is 6.46. The number of pyridine rings is 1. The molecule has 19 heavy (non-hydrogen) atoms. The van der Waals surface area contributed by atoms with E-state index in [0.29, 0.717) is 32.4 Å². The zero-order valence-electron chi connectivity index (χ0n) is 11.5.